The molecule has 146 valence electrons. The number of halogens is 3. The van der Waals surface area contributed by atoms with Gasteiger partial charge in [0.25, 0.3) is 0 Å². The first-order chi connectivity index (χ1) is 12.9. The summed E-state index contributed by atoms with van der Waals surface area (Å²) in [6.45, 7) is 1.93. The first kappa shape index (κ1) is 19.9. The predicted molar refractivity (Wildman–Crippen MR) is 104 cm³/mol. The molecule has 0 N–H and O–H groups in total. The molecule has 1 nitrogen and oxygen atoms in total. The summed E-state index contributed by atoms with van der Waals surface area (Å²) in [5.41, 5.74) is 3.35. The van der Waals surface area contributed by atoms with Crippen LogP contribution < -0.4 is 0 Å². The second-order valence-corrected chi connectivity index (χ2v) is 7.75. The highest BCUT2D eigenvalue weighted by molar-refractivity contribution is 5.27. The number of alkyl halides is 3. The highest BCUT2D eigenvalue weighted by Crippen LogP contribution is 2.48. The number of rotatable bonds is 7. The van der Waals surface area contributed by atoms with Crippen molar-refractivity contribution in [3.8, 4) is 0 Å². The van der Waals surface area contributed by atoms with Crippen LogP contribution in [0, 0.1) is 5.92 Å². The lowest BCUT2D eigenvalue weighted by Crippen LogP contribution is -2.25. The third-order valence-electron chi connectivity index (χ3n) is 5.64. The van der Waals surface area contributed by atoms with Crippen LogP contribution in [0.15, 0.2) is 54.6 Å². The van der Waals surface area contributed by atoms with Gasteiger partial charge in [-0.25, -0.2) is 0 Å². The average Bonchev–Trinajstić information content (AvgIpc) is 3.13. The monoisotopic (exact) mass is 375 g/mol. The molecule has 0 spiro atoms. The van der Waals surface area contributed by atoms with Gasteiger partial charge in [0.1, 0.15) is 0 Å². The van der Waals surface area contributed by atoms with Crippen LogP contribution in [0.4, 0.5) is 13.2 Å². The fraction of sp³-hybridized carbons (Fsp3) is 0.478. The van der Waals surface area contributed by atoms with Gasteiger partial charge in [-0.2, -0.15) is 13.2 Å². The van der Waals surface area contributed by atoms with E-state index in [1.807, 2.05) is 30.3 Å². The lowest BCUT2D eigenvalue weighted by molar-refractivity contribution is -0.176. The highest BCUT2D eigenvalue weighted by Gasteiger charge is 2.47. The van der Waals surface area contributed by atoms with Crippen molar-refractivity contribution >= 4 is 0 Å². The second-order valence-electron chi connectivity index (χ2n) is 7.75. The molecule has 1 aliphatic rings. The summed E-state index contributed by atoms with van der Waals surface area (Å²) in [5.74, 6) is -1.54. The van der Waals surface area contributed by atoms with Crippen LogP contribution in [0.2, 0.25) is 0 Å². The zero-order valence-corrected chi connectivity index (χ0v) is 15.9. The van der Waals surface area contributed by atoms with Gasteiger partial charge in [-0.05, 0) is 61.9 Å². The Kier molecular flexibility index (Phi) is 6.59. The molecule has 1 aliphatic carbocycles. The number of hydrogen-bond donors (Lipinski definition) is 0. The Hall–Kier alpha value is -1.81. The Bertz CT molecular complexity index is 694. The van der Waals surface area contributed by atoms with Gasteiger partial charge in [0.2, 0.25) is 0 Å². The molecule has 0 bridgehead atoms. The molecule has 1 saturated carbocycles. The normalized spacial score (nSPS) is 20.3. The van der Waals surface area contributed by atoms with E-state index in [-0.39, 0.29) is 12.3 Å². The molecule has 1 fully saturated rings. The maximum absolute atomic E-state index is 13.2. The van der Waals surface area contributed by atoms with Crippen molar-refractivity contribution in [2.75, 3.05) is 13.6 Å². The van der Waals surface area contributed by atoms with Gasteiger partial charge in [0.05, 0.1) is 5.92 Å². The fourth-order valence-electron chi connectivity index (χ4n) is 4.21. The zero-order valence-electron chi connectivity index (χ0n) is 15.9. The third kappa shape index (κ3) is 5.58. The molecule has 3 rings (SSSR count). The standard InChI is InChI=1S/C23H28F3N/c1-27(17-19-7-3-2-4-8-19)16-6-9-18-12-14-20(15-13-18)21-10-5-11-22(21)23(24,25)26/h2-4,7-8,12-15,21-22H,5-6,9-11,16-17H2,1H3. The molecule has 0 heterocycles. The quantitative estimate of drug-likeness (QED) is 0.557. The predicted octanol–water partition coefficient (Wildman–Crippen LogP) is 6.20. The van der Waals surface area contributed by atoms with Gasteiger partial charge < -0.3 is 4.90 Å². The van der Waals surface area contributed by atoms with E-state index in [0.29, 0.717) is 12.8 Å². The summed E-state index contributed by atoms with van der Waals surface area (Å²) in [6, 6.07) is 18.2. The van der Waals surface area contributed by atoms with Crippen LogP contribution in [0.25, 0.3) is 0 Å². The Labute approximate surface area is 160 Å². The fourth-order valence-corrected chi connectivity index (χ4v) is 4.21. The van der Waals surface area contributed by atoms with Crippen LogP contribution in [-0.2, 0) is 13.0 Å². The van der Waals surface area contributed by atoms with Crippen molar-refractivity contribution in [2.45, 2.75) is 50.7 Å². The van der Waals surface area contributed by atoms with Crippen molar-refractivity contribution in [3.63, 3.8) is 0 Å². The second kappa shape index (κ2) is 8.92. The molecule has 0 saturated heterocycles. The Morgan fingerprint density at radius 3 is 2.30 bits per heavy atom. The smallest absolute Gasteiger partial charge is 0.302 e. The molecule has 4 heteroatoms. The molecule has 2 aromatic carbocycles. The molecule has 2 unspecified atom stereocenters. The van der Waals surface area contributed by atoms with Gasteiger partial charge >= 0.3 is 6.18 Å². The van der Waals surface area contributed by atoms with Crippen LogP contribution >= 0.6 is 0 Å². The molecule has 0 aliphatic heterocycles. The highest BCUT2D eigenvalue weighted by atomic mass is 19.4. The Morgan fingerprint density at radius 1 is 0.926 bits per heavy atom. The lowest BCUT2D eigenvalue weighted by Gasteiger charge is -2.23. The summed E-state index contributed by atoms with van der Waals surface area (Å²) in [5, 5.41) is 0. The summed E-state index contributed by atoms with van der Waals surface area (Å²) in [4.78, 5) is 2.30. The van der Waals surface area contributed by atoms with Crippen molar-refractivity contribution in [2.24, 2.45) is 5.92 Å². The molecule has 27 heavy (non-hydrogen) atoms. The van der Waals surface area contributed by atoms with Crippen molar-refractivity contribution in [1.29, 1.82) is 0 Å². The van der Waals surface area contributed by atoms with Crippen LogP contribution in [0.3, 0.4) is 0 Å². The number of aryl methyl sites for hydroxylation is 1. The van der Waals surface area contributed by atoms with E-state index < -0.39 is 12.1 Å². The van der Waals surface area contributed by atoms with E-state index in [2.05, 4.69) is 36.2 Å². The molecular weight excluding hydrogens is 347 g/mol. The summed E-state index contributed by atoms with van der Waals surface area (Å²) in [6.07, 6.45) is -0.505. The van der Waals surface area contributed by atoms with E-state index in [0.717, 1.165) is 31.5 Å². The minimum Gasteiger partial charge on any atom is -0.302 e. The van der Waals surface area contributed by atoms with Gasteiger partial charge in [-0.1, -0.05) is 61.0 Å². The molecular formula is C23H28F3N. The molecule has 2 aromatic rings. The molecule has 2 atom stereocenters. The Morgan fingerprint density at radius 2 is 1.63 bits per heavy atom. The molecule has 0 amide bonds. The summed E-state index contributed by atoms with van der Waals surface area (Å²) < 4.78 is 39.5. The van der Waals surface area contributed by atoms with Crippen LogP contribution in [-0.4, -0.2) is 24.7 Å². The number of nitrogens with zero attached hydrogens (tertiary/aromatic N) is 1. The maximum atomic E-state index is 13.2. The minimum absolute atomic E-state index is 0.268. The topological polar surface area (TPSA) is 3.24 Å². The van der Waals surface area contributed by atoms with E-state index >= 15 is 0 Å². The SMILES string of the molecule is CN(CCCc1ccc(C2CCCC2C(F)(F)F)cc1)Cc1ccccc1. The first-order valence-corrected chi connectivity index (χ1v) is 9.81. The van der Waals surface area contributed by atoms with Crippen molar-refractivity contribution in [3.05, 3.63) is 71.3 Å². The van der Waals surface area contributed by atoms with Gasteiger partial charge in [0, 0.05) is 6.54 Å². The van der Waals surface area contributed by atoms with Crippen molar-refractivity contribution in [1.82, 2.24) is 4.90 Å². The number of hydrogen-bond acceptors (Lipinski definition) is 1. The van der Waals surface area contributed by atoms with Gasteiger partial charge in [-0.3, -0.25) is 0 Å². The molecule has 0 aromatic heterocycles. The minimum atomic E-state index is -4.08. The van der Waals surface area contributed by atoms with Crippen molar-refractivity contribution < 1.29 is 13.2 Å². The van der Waals surface area contributed by atoms with E-state index in [9.17, 15) is 13.2 Å². The summed E-state index contributed by atoms with van der Waals surface area (Å²) in [7, 11) is 2.12. The van der Waals surface area contributed by atoms with Crippen LogP contribution in [0.1, 0.15) is 48.3 Å². The van der Waals surface area contributed by atoms with Crippen LogP contribution in [0.5, 0.6) is 0 Å². The largest absolute Gasteiger partial charge is 0.392 e. The van der Waals surface area contributed by atoms with E-state index in [1.165, 1.54) is 11.1 Å². The van der Waals surface area contributed by atoms with E-state index in [4.69, 9.17) is 0 Å². The van der Waals surface area contributed by atoms with Gasteiger partial charge in [0.15, 0.2) is 0 Å². The lowest BCUT2D eigenvalue weighted by atomic mass is 9.88. The summed E-state index contributed by atoms with van der Waals surface area (Å²) >= 11 is 0. The van der Waals surface area contributed by atoms with Gasteiger partial charge in [-0.15, -0.1) is 0 Å². The zero-order chi connectivity index (χ0) is 19.3. The number of benzene rings is 2. The molecule has 0 radical (unpaired) electrons. The van der Waals surface area contributed by atoms with E-state index in [1.54, 1.807) is 0 Å². The first-order valence-electron chi connectivity index (χ1n) is 9.81. The Balaban J connectivity index is 1.48. The average molecular weight is 375 g/mol. The third-order valence-corrected chi connectivity index (χ3v) is 5.64. The maximum Gasteiger partial charge on any atom is 0.392 e.